The fourth-order valence-electron chi connectivity index (χ4n) is 4.05. The zero-order valence-corrected chi connectivity index (χ0v) is 15.4. The number of non-ortho nitro benzene ring substituents is 1. The van der Waals surface area contributed by atoms with Crippen molar-refractivity contribution in [3.05, 3.63) is 62.5 Å². The number of carbonyl (C=O) groups is 2. The van der Waals surface area contributed by atoms with Gasteiger partial charge in [0, 0.05) is 47.0 Å². The monoisotopic (exact) mass is 354 g/mol. The summed E-state index contributed by atoms with van der Waals surface area (Å²) in [6, 6.07) is 6.22. The van der Waals surface area contributed by atoms with Crippen molar-refractivity contribution >= 4 is 17.3 Å². The summed E-state index contributed by atoms with van der Waals surface area (Å²) >= 11 is 0. The third kappa shape index (κ3) is 3.07. The largest absolute Gasteiger partial charge is 0.362 e. The van der Waals surface area contributed by atoms with E-state index in [1.165, 1.54) is 19.1 Å². The average molecular weight is 354 g/mol. The van der Waals surface area contributed by atoms with Crippen molar-refractivity contribution < 1.29 is 14.5 Å². The number of dihydropyridines is 1. The number of allylic oxidation sites excluding steroid dienone is 4. The first kappa shape index (κ1) is 18.0. The second-order valence-electron chi connectivity index (χ2n) is 7.84. The number of Topliss-reactive ketones (excluding diaryl/α,β-unsaturated/α-hetero) is 2. The number of hydrogen-bond acceptors (Lipinski definition) is 5. The molecule has 0 aromatic heterocycles. The molecule has 3 rings (SSSR count). The van der Waals surface area contributed by atoms with Gasteiger partial charge in [0.1, 0.15) is 0 Å². The number of nitrogens with zero attached hydrogens (tertiary/aromatic N) is 1. The summed E-state index contributed by atoms with van der Waals surface area (Å²) in [5.41, 5.74) is 2.99. The summed E-state index contributed by atoms with van der Waals surface area (Å²) in [4.78, 5) is 36.0. The van der Waals surface area contributed by atoms with E-state index in [4.69, 9.17) is 0 Å². The number of nitrogens with one attached hydrogen (secondary N) is 1. The van der Waals surface area contributed by atoms with Crippen LogP contribution in [0.15, 0.2) is 46.8 Å². The Morgan fingerprint density at radius 1 is 1.31 bits per heavy atom. The normalized spacial score (nSPS) is 22.0. The molecule has 0 unspecified atom stereocenters. The fourth-order valence-corrected chi connectivity index (χ4v) is 4.05. The Morgan fingerprint density at radius 2 is 2.00 bits per heavy atom. The summed E-state index contributed by atoms with van der Waals surface area (Å²) in [5, 5.41) is 14.4. The van der Waals surface area contributed by atoms with Gasteiger partial charge in [0.25, 0.3) is 5.69 Å². The highest BCUT2D eigenvalue weighted by Gasteiger charge is 2.42. The molecule has 0 saturated carbocycles. The van der Waals surface area contributed by atoms with Gasteiger partial charge in [-0.2, -0.15) is 0 Å². The number of benzene rings is 1. The van der Waals surface area contributed by atoms with Gasteiger partial charge in [-0.15, -0.1) is 0 Å². The van der Waals surface area contributed by atoms with Crippen LogP contribution in [-0.2, 0) is 9.59 Å². The molecule has 0 amide bonds. The standard InChI is InChI=1S/C20H22N2O4/c1-11-17(12(2)23)18(13-6-5-7-14(8-13)22(25)26)19-15(21-11)9-20(3,4)10-16(19)24/h5-8,18,21H,9-10H2,1-4H3/t18-/m1/s1. The molecule has 1 aliphatic carbocycles. The summed E-state index contributed by atoms with van der Waals surface area (Å²) in [7, 11) is 0. The molecule has 1 aromatic rings. The van der Waals surface area contributed by atoms with E-state index in [1.54, 1.807) is 12.1 Å². The second kappa shape index (κ2) is 6.20. The Kier molecular flexibility index (Phi) is 4.30. The van der Waals surface area contributed by atoms with Crippen molar-refractivity contribution in [2.45, 2.75) is 46.5 Å². The van der Waals surface area contributed by atoms with Gasteiger partial charge in [-0.05, 0) is 31.2 Å². The third-order valence-electron chi connectivity index (χ3n) is 5.03. The van der Waals surface area contributed by atoms with Gasteiger partial charge < -0.3 is 5.32 Å². The number of carbonyl (C=O) groups excluding carboxylic acids is 2. The molecule has 1 heterocycles. The summed E-state index contributed by atoms with van der Waals surface area (Å²) < 4.78 is 0. The molecule has 1 aliphatic heterocycles. The minimum absolute atomic E-state index is 0.00786. The lowest BCUT2D eigenvalue weighted by atomic mass is 9.68. The zero-order valence-electron chi connectivity index (χ0n) is 15.4. The Morgan fingerprint density at radius 3 is 2.62 bits per heavy atom. The Labute approximate surface area is 152 Å². The maximum atomic E-state index is 13.0. The topological polar surface area (TPSA) is 89.3 Å². The molecule has 6 nitrogen and oxygen atoms in total. The van der Waals surface area contributed by atoms with Gasteiger partial charge in [-0.25, -0.2) is 0 Å². The molecule has 1 N–H and O–H groups in total. The number of hydrogen-bond donors (Lipinski definition) is 1. The molecule has 26 heavy (non-hydrogen) atoms. The number of ketones is 2. The zero-order chi connectivity index (χ0) is 19.2. The van der Waals surface area contributed by atoms with E-state index in [1.807, 2.05) is 20.8 Å². The van der Waals surface area contributed by atoms with Gasteiger partial charge in [0.15, 0.2) is 11.6 Å². The molecule has 0 radical (unpaired) electrons. The minimum Gasteiger partial charge on any atom is -0.362 e. The smallest absolute Gasteiger partial charge is 0.269 e. The van der Waals surface area contributed by atoms with E-state index in [0.717, 1.165) is 5.70 Å². The lowest BCUT2D eigenvalue weighted by Crippen LogP contribution is -2.38. The molecular weight excluding hydrogens is 332 g/mol. The first-order valence-electron chi connectivity index (χ1n) is 8.60. The fraction of sp³-hybridized carbons (Fsp3) is 0.400. The lowest BCUT2D eigenvalue weighted by Gasteiger charge is -2.39. The molecule has 2 aliphatic rings. The van der Waals surface area contributed by atoms with Crippen molar-refractivity contribution in [2.75, 3.05) is 0 Å². The Bertz CT molecular complexity index is 893. The van der Waals surface area contributed by atoms with Crippen molar-refractivity contribution in [3.8, 4) is 0 Å². The highest BCUT2D eigenvalue weighted by atomic mass is 16.6. The minimum atomic E-state index is -0.563. The summed E-state index contributed by atoms with van der Waals surface area (Å²) in [5.74, 6) is -0.713. The van der Waals surface area contributed by atoms with Crippen molar-refractivity contribution in [3.63, 3.8) is 0 Å². The number of rotatable bonds is 3. The van der Waals surface area contributed by atoms with E-state index in [2.05, 4.69) is 5.32 Å². The van der Waals surface area contributed by atoms with Crippen LogP contribution in [0, 0.1) is 15.5 Å². The molecule has 0 bridgehead atoms. The third-order valence-corrected chi connectivity index (χ3v) is 5.03. The first-order chi connectivity index (χ1) is 12.1. The molecule has 6 heteroatoms. The van der Waals surface area contributed by atoms with Gasteiger partial charge in [-0.3, -0.25) is 19.7 Å². The first-order valence-corrected chi connectivity index (χ1v) is 8.60. The van der Waals surface area contributed by atoms with E-state index in [-0.39, 0.29) is 22.7 Å². The van der Waals surface area contributed by atoms with Crippen LogP contribution in [0.2, 0.25) is 0 Å². The van der Waals surface area contributed by atoms with Crippen LogP contribution in [0.3, 0.4) is 0 Å². The predicted molar refractivity (Wildman–Crippen MR) is 97.4 cm³/mol. The van der Waals surface area contributed by atoms with Crippen LogP contribution in [0.5, 0.6) is 0 Å². The lowest BCUT2D eigenvalue weighted by molar-refractivity contribution is -0.384. The van der Waals surface area contributed by atoms with Gasteiger partial charge >= 0.3 is 0 Å². The van der Waals surface area contributed by atoms with E-state index in [9.17, 15) is 19.7 Å². The number of nitro groups is 1. The number of nitro benzene ring substituents is 1. The van der Waals surface area contributed by atoms with Crippen LogP contribution >= 0.6 is 0 Å². The van der Waals surface area contributed by atoms with Crippen molar-refractivity contribution in [2.24, 2.45) is 5.41 Å². The van der Waals surface area contributed by atoms with Crippen LogP contribution < -0.4 is 5.32 Å². The Hall–Kier alpha value is -2.76. The maximum absolute atomic E-state index is 13.0. The Balaban J connectivity index is 2.22. The molecule has 1 aromatic carbocycles. The van der Waals surface area contributed by atoms with E-state index >= 15 is 0 Å². The maximum Gasteiger partial charge on any atom is 0.269 e. The molecule has 1 atom stereocenters. The summed E-state index contributed by atoms with van der Waals surface area (Å²) in [6.07, 6.45) is 1.09. The van der Waals surface area contributed by atoms with E-state index < -0.39 is 10.8 Å². The van der Waals surface area contributed by atoms with Crippen LogP contribution in [0.4, 0.5) is 5.69 Å². The predicted octanol–water partition coefficient (Wildman–Crippen LogP) is 3.79. The van der Waals surface area contributed by atoms with E-state index in [0.29, 0.717) is 35.2 Å². The average Bonchev–Trinajstić information content (AvgIpc) is 2.51. The van der Waals surface area contributed by atoms with Crippen molar-refractivity contribution in [1.29, 1.82) is 0 Å². The van der Waals surface area contributed by atoms with Crippen molar-refractivity contribution in [1.82, 2.24) is 5.32 Å². The SMILES string of the molecule is CC(=O)C1=C(C)NC2=C(C(=O)CC(C)(C)C2)[C@@H]1c1cccc([N+](=O)[O-])c1. The highest BCUT2D eigenvalue weighted by Crippen LogP contribution is 2.46. The van der Waals surface area contributed by atoms with Gasteiger partial charge in [0.2, 0.25) is 0 Å². The van der Waals surface area contributed by atoms with Gasteiger partial charge in [-0.1, -0.05) is 26.0 Å². The molecule has 0 fully saturated rings. The second-order valence-corrected chi connectivity index (χ2v) is 7.84. The summed E-state index contributed by atoms with van der Waals surface area (Å²) in [6.45, 7) is 7.36. The highest BCUT2D eigenvalue weighted by molar-refractivity contribution is 6.05. The van der Waals surface area contributed by atoms with Gasteiger partial charge in [0.05, 0.1) is 4.92 Å². The van der Waals surface area contributed by atoms with Crippen LogP contribution in [0.1, 0.15) is 52.0 Å². The molecule has 136 valence electrons. The van der Waals surface area contributed by atoms with Crippen LogP contribution in [-0.4, -0.2) is 16.5 Å². The molecule has 0 spiro atoms. The quantitative estimate of drug-likeness (QED) is 0.659. The van der Waals surface area contributed by atoms with Crippen LogP contribution in [0.25, 0.3) is 0 Å². The molecular formula is C20H22N2O4. The molecule has 0 saturated heterocycles.